The first kappa shape index (κ1) is 15.6. The van der Waals surface area contributed by atoms with Gasteiger partial charge in [-0.05, 0) is 79.6 Å². The zero-order valence-corrected chi connectivity index (χ0v) is 14.8. The molecule has 6 atom stereocenters. The number of Topliss-reactive ketones (excluding diaryl/α,β-unsaturated/α-hetero) is 1. The fraction of sp³-hybridized carbons (Fsp3) is 0.762. The molecule has 0 aromatic heterocycles. The summed E-state index contributed by atoms with van der Waals surface area (Å²) in [6.45, 7) is 6.83. The van der Waals surface area contributed by atoms with Crippen LogP contribution >= 0.6 is 0 Å². The van der Waals surface area contributed by atoms with Crippen molar-refractivity contribution in [1.29, 1.82) is 0 Å². The van der Waals surface area contributed by atoms with Gasteiger partial charge in [0, 0.05) is 6.42 Å². The highest BCUT2D eigenvalue weighted by Crippen LogP contribution is 2.65. The van der Waals surface area contributed by atoms with E-state index >= 15 is 0 Å². The zero-order valence-electron chi connectivity index (χ0n) is 14.8. The number of hydrogen-bond acceptors (Lipinski definition) is 2. The number of aliphatic hydroxyl groups excluding tert-OH is 1. The molecule has 0 heterocycles. The van der Waals surface area contributed by atoms with Crippen LogP contribution in [0.15, 0.2) is 23.3 Å². The molecule has 1 unspecified atom stereocenters. The van der Waals surface area contributed by atoms with Gasteiger partial charge in [0.2, 0.25) is 0 Å². The summed E-state index contributed by atoms with van der Waals surface area (Å²) in [5.41, 5.74) is 3.00. The number of carbonyl (C=O) groups is 1. The maximum atomic E-state index is 12.5. The molecule has 0 bridgehead atoms. The predicted molar refractivity (Wildman–Crippen MR) is 91.9 cm³/mol. The molecule has 0 saturated heterocycles. The van der Waals surface area contributed by atoms with Gasteiger partial charge >= 0.3 is 0 Å². The van der Waals surface area contributed by atoms with Crippen LogP contribution in [-0.2, 0) is 4.79 Å². The van der Waals surface area contributed by atoms with Crippen LogP contribution in [0, 0.1) is 28.6 Å². The van der Waals surface area contributed by atoms with Gasteiger partial charge in [0.05, 0.1) is 6.10 Å². The fourth-order valence-corrected chi connectivity index (χ4v) is 6.79. The average Bonchev–Trinajstić information content (AvgIpc) is 2.77. The molecular formula is C21H30O2. The van der Waals surface area contributed by atoms with E-state index in [1.807, 2.05) is 6.92 Å². The standard InChI is InChI=1S/C21H30O2/c1-4-16-19(23)12-18-15-6-5-13-11-14(22)7-9-20(13,2)17(15)8-10-21(16,18)3/h4-5,14-15,17-18,22H,6-12H2,1-3H3/b16-4-/t14-,15+,17-,18-,20?,21+/m0/s1. The van der Waals surface area contributed by atoms with E-state index in [1.54, 1.807) is 0 Å². The third kappa shape index (κ3) is 2.00. The van der Waals surface area contributed by atoms with Gasteiger partial charge < -0.3 is 5.11 Å². The molecular weight excluding hydrogens is 284 g/mol. The minimum Gasteiger partial charge on any atom is -0.393 e. The molecule has 4 aliphatic rings. The lowest BCUT2D eigenvalue weighted by molar-refractivity contribution is -0.115. The topological polar surface area (TPSA) is 37.3 Å². The van der Waals surface area contributed by atoms with Crippen LogP contribution in [0.5, 0.6) is 0 Å². The summed E-state index contributed by atoms with van der Waals surface area (Å²) in [5, 5.41) is 10.1. The van der Waals surface area contributed by atoms with Crippen molar-refractivity contribution in [2.45, 2.75) is 71.8 Å². The van der Waals surface area contributed by atoms with Crippen molar-refractivity contribution in [1.82, 2.24) is 0 Å². The second kappa shape index (κ2) is 5.05. The quantitative estimate of drug-likeness (QED) is 0.530. The van der Waals surface area contributed by atoms with E-state index < -0.39 is 0 Å². The molecule has 4 aliphatic carbocycles. The predicted octanol–water partition coefficient (Wildman–Crippen LogP) is 4.44. The Bertz CT molecular complexity index is 601. The van der Waals surface area contributed by atoms with Gasteiger partial charge in [-0.2, -0.15) is 0 Å². The highest BCUT2D eigenvalue weighted by atomic mass is 16.3. The molecule has 0 aromatic rings. The Hall–Kier alpha value is -0.890. The Kier molecular flexibility index (Phi) is 3.43. The zero-order chi connectivity index (χ0) is 16.4. The van der Waals surface area contributed by atoms with Crippen LogP contribution in [0.3, 0.4) is 0 Å². The minimum absolute atomic E-state index is 0.114. The van der Waals surface area contributed by atoms with Crippen molar-refractivity contribution >= 4 is 5.78 Å². The van der Waals surface area contributed by atoms with Gasteiger partial charge in [-0.15, -0.1) is 0 Å². The minimum atomic E-state index is -0.137. The maximum absolute atomic E-state index is 12.5. The van der Waals surface area contributed by atoms with Crippen molar-refractivity contribution in [3.05, 3.63) is 23.3 Å². The third-order valence-corrected chi connectivity index (χ3v) is 8.08. The highest BCUT2D eigenvalue weighted by molar-refractivity contribution is 5.99. The van der Waals surface area contributed by atoms with Crippen LogP contribution in [0.25, 0.3) is 0 Å². The molecule has 2 heteroatoms. The van der Waals surface area contributed by atoms with Crippen LogP contribution in [0.2, 0.25) is 0 Å². The number of carbonyl (C=O) groups excluding carboxylic acids is 1. The third-order valence-electron chi connectivity index (χ3n) is 8.08. The second-order valence-electron chi connectivity index (χ2n) is 8.94. The average molecular weight is 314 g/mol. The highest BCUT2D eigenvalue weighted by Gasteiger charge is 2.59. The van der Waals surface area contributed by atoms with E-state index in [2.05, 4.69) is 26.0 Å². The number of allylic oxidation sites excluding steroid dienone is 3. The van der Waals surface area contributed by atoms with Crippen molar-refractivity contribution in [3.8, 4) is 0 Å². The van der Waals surface area contributed by atoms with Gasteiger partial charge in [-0.25, -0.2) is 0 Å². The monoisotopic (exact) mass is 314 g/mol. The normalized spacial score (nSPS) is 51.0. The molecule has 3 fully saturated rings. The number of fused-ring (bicyclic) bond motifs is 5. The molecule has 126 valence electrons. The number of rotatable bonds is 0. The van der Waals surface area contributed by atoms with E-state index in [4.69, 9.17) is 0 Å². The summed E-state index contributed by atoms with van der Waals surface area (Å²) >= 11 is 0. The van der Waals surface area contributed by atoms with Gasteiger partial charge in [0.1, 0.15) is 0 Å². The molecule has 1 N–H and O–H groups in total. The van der Waals surface area contributed by atoms with Gasteiger partial charge in [-0.3, -0.25) is 4.79 Å². The fourth-order valence-electron chi connectivity index (χ4n) is 6.79. The second-order valence-corrected chi connectivity index (χ2v) is 8.94. The molecule has 0 amide bonds. The summed E-state index contributed by atoms with van der Waals surface area (Å²) in [7, 11) is 0. The first-order valence-electron chi connectivity index (χ1n) is 9.47. The Labute approximate surface area is 140 Å². The molecule has 0 spiro atoms. The molecule has 4 rings (SSSR count). The van der Waals surface area contributed by atoms with E-state index in [9.17, 15) is 9.90 Å². The van der Waals surface area contributed by atoms with Crippen molar-refractivity contribution < 1.29 is 9.90 Å². The summed E-state index contributed by atoms with van der Waals surface area (Å²) in [6.07, 6.45) is 11.6. The SMILES string of the molecule is C/C=C1/C(=O)C[C@H]2[C@@H]3CC=C4C[C@@H](O)CCC4(C)[C@H]3CC[C@]12C. The number of ketones is 1. The summed E-state index contributed by atoms with van der Waals surface area (Å²) < 4.78 is 0. The van der Waals surface area contributed by atoms with Gasteiger partial charge in [0.25, 0.3) is 0 Å². The van der Waals surface area contributed by atoms with Crippen molar-refractivity contribution in [2.24, 2.45) is 28.6 Å². The lowest BCUT2D eigenvalue weighted by Crippen LogP contribution is -2.49. The van der Waals surface area contributed by atoms with E-state index in [-0.39, 0.29) is 16.9 Å². The molecule has 0 aliphatic heterocycles. The van der Waals surface area contributed by atoms with Crippen LogP contribution in [0.4, 0.5) is 0 Å². The molecule has 23 heavy (non-hydrogen) atoms. The first-order valence-corrected chi connectivity index (χ1v) is 9.47. The summed E-state index contributed by atoms with van der Waals surface area (Å²) in [6, 6.07) is 0. The smallest absolute Gasteiger partial charge is 0.159 e. The van der Waals surface area contributed by atoms with E-state index in [1.165, 1.54) is 12.0 Å². The van der Waals surface area contributed by atoms with Crippen LogP contribution < -0.4 is 0 Å². The Morgan fingerprint density at radius 1 is 1.13 bits per heavy atom. The molecule has 2 nitrogen and oxygen atoms in total. The molecule has 0 aromatic carbocycles. The summed E-state index contributed by atoms with van der Waals surface area (Å²) in [5.74, 6) is 2.29. The van der Waals surface area contributed by atoms with Crippen LogP contribution in [-0.4, -0.2) is 17.0 Å². The Balaban J connectivity index is 1.71. The number of hydrogen-bond donors (Lipinski definition) is 1. The Morgan fingerprint density at radius 2 is 1.87 bits per heavy atom. The van der Waals surface area contributed by atoms with E-state index in [0.717, 1.165) is 44.1 Å². The van der Waals surface area contributed by atoms with E-state index in [0.29, 0.717) is 23.5 Å². The lowest BCUT2D eigenvalue weighted by atomic mass is 9.48. The molecule has 3 saturated carbocycles. The lowest BCUT2D eigenvalue weighted by Gasteiger charge is -2.57. The van der Waals surface area contributed by atoms with Crippen LogP contribution in [0.1, 0.15) is 65.7 Å². The van der Waals surface area contributed by atoms with Gasteiger partial charge in [0.15, 0.2) is 5.78 Å². The largest absolute Gasteiger partial charge is 0.393 e. The van der Waals surface area contributed by atoms with Crippen molar-refractivity contribution in [2.75, 3.05) is 0 Å². The van der Waals surface area contributed by atoms with Crippen molar-refractivity contribution in [3.63, 3.8) is 0 Å². The number of aliphatic hydroxyl groups is 1. The maximum Gasteiger partial charge on any atom is 0.159 e. The summed E-state index contributed by atoms with van der Waals surface area (Å²) in [4.78, 5) is 12.5. The molecule has 0 radical (unpaired) electrons. The Morgan fingerprint density at radius 3 is 2.61 bits per heavy atom. The first-order chi connectivity index (χ1) is 10.9. The van der Waals surface area contributed by atoms with Gasteiger partial charge in [-0.1, -0.05) is 31.6 Å².